The van der Waals surface area contributed by atoms with Crippen molar-refractivity contribution in [2.75, 3.05) is 7.11 Å². The molecule has 0 radical (unpaired) electrons. The Balaban J connectivity index is 2.33. The van der Waals surface area contributed by atoms with Crippen LogP contribution in [0.25, 0.3) is 10.8 Å². The molecule has 1 N–H and O–H groups in total. The predicted octanol–water partition coefficient (Wildman–Crippen LogP) is 3.61. The number of fused-ring (bicyclic) bond motifs is 3. The fraction of sp³-hybridized carbons (Fsp3) is 0.375. The van der Waals surface area contributed by atoms with E-state index in [0.29, 0.717) is 0 Å². The molecule has 0 saturated heterocycles. The molecule has 1 aliphatic carbocycles. The van der Waals surface area contributed by atoms with Crippen LogP contribution in [0.5, 0.6) is 5.75 Å². The summed E-state index contributed by atoms with van der Waals surface area (Å²) >= 11 is 0. The molecule has 2 heteroatoms. The highest BCUT2D eigenvalue weighted by atomic mass is 16.5. The van der Waals surface area contributed by atoms with E-state index in [4.69, 9.17) is 4.74 Å². The Morgan fingerprint density at radius 3 is 2.72 bits per heavy atom. The highest BCUT2D eigenvalue weighted by Crippen LogP contribution is 2.38. The Labute approximate surface area is 107 Å². The Hall–Kier alpha value is -1.54. The largest absolute Gasteiger partial charge is 0.496 e. The van der Waals surface area contributed by atoms with Crippen LogP contribution in [0, 0.1) is 0 Å². The lowest BCUT2D eigenvalue weighted by Gasteiger charge is -2.17. The van der Waals surface area contributed by atoms with E-state index in [0.717, 1.165) is 42.4 Å². The monoisotopic (exact) mass is 242 g/mol. The van der Waals surface area contributed by atoms with Gasteiger partial charge in [-0.25, -0.2) is 0 Å². The zero-order chi connectivity index (χ0) is 12.5. The van der Waals surface area contributed by atoms with E-state index in [-0.39, 0.29) is 6.10 Å². The number of rotatable bonds is 1. The number of hydrogen-bond donors (Lipinski definition) is 1. The van der Waals surface area contributed by atoms with Gasteiger partial charge in [0.2, 0.25) is 0 Å². The molecule has 2 aromatic carbocycles. The summed E-state index contributed by atoms with van der Waals surface area (Å²) in [6, 6.07) is 10.3. The SMILES string of the molecule is COc1cc2c(c3ccccc13)CCCC[C@@H]2O. The molecule has 0 saturated carbocycles. The molecule has 0 aliphatic heterocycles. The predicted molar refractivity (Wildman–Crippen MR) is 73.0 cm³/mol. The smallest absolute Gasteiger partial charge is 0.127 e. The fourth-order valence-electron chi connectivity index (χ4n) is 2.96. The Morgan fingerprint density at radius 1 is 1.17 bits per heavy atom. The van der Waals surface area contributed by atoms with Crippen molar-refractivity contribution in [3.8, 4) is 5.75 Å². The molecule has 94 valence electrons. The van der Waals surface area contributed by atoms with Gasteiger partial charge in [-0.3, -0.25) is 0 Å². The van der Waals surface area contributed by atoms with Gasteiger partial charge < -0.3 is 9.84 Å². The molecular formula is C16H18O2. The van der Waals surface area contributed by atoms with Crippen molar-refractivity contribution in [2.24, 2.45) is 0 Å². The van der Waals surface area contributed by atoms with E-state index in [9.17, 15) is 5.11 Å². The first-order valence-electron chi connectivity index (χ1n) is 6.58. The zero-order valence-corrected chi connectivity index (χ0v) is 10.6. The number of aliphatic hydroxyl groups excluding tert-OH is 1. The summed E-state index contributed by atoms with van der Waals surface area (Å²) in [5, 5.41) is 12.6. The van der Waals surface area contributed by atoms with E-state index in [1.165, 1.54) is 10.9 Å². The van der Waals surface area contributed by atoms with Gasteiger partial charge >= 0.3 is 0 Å². The molecule has 0 amide bonds. The molecule has 1 aliphatic rings. The lowest BCUT2D eigenvalue weighted by atomic mass is 9.94. The molecule has 18 heavy (non-hydrogen) atoms. The third-order valence-corrected chi connectivity index (χ3v) is 3.89. The van der Waals surface area contributed by atoms with E-state index >= 15 is 0 Å². The summed E-state index contributed by atoms with van der Waals surface area (Å²) in [6.07, 6.45) is 3.80. The van der Waals surface area contributed by atoms with Crippen LogP contribution in [-0.4, -0.2) is 12.2 Å². The maximum atomic E-state index is 10.3. The minimum absolute atomic E-state index is 0.346. The molecule has 2 nitrogen and oxygen atoms in total. The Kier molecular flexibility index (Phi) is 2.96. The van der Waals surface area contributed by atoms with Crippen molar-refractivity contribution >= 4 is 10.8 Å². The maximum absolute atomic E-state index is 10.3. The van der Waals surface area contributed by atoms with E-state index in [2.05, 4.69) is 18.2 Å². The number of hydrogen-bond acceptors (Lipinski definition) is 2. The molecule has 0 bridgehead atoms. The normalized spacial score (nSPS) is 19.3. The summed E-state index contributed by atoms with van der Waals surface area (Å²) < 4.78 is 5.47. The second-order valence-corrected chi connectivity index (χ2v) is 4.95. The zero-order valence-electron chi connectivity index (χ0n) is 10.6. The molecule has 0 spiro atoms. The molecular weight excluding hydrogens is 224 g/mol. The molecule has 0 heterocycles. The molecule has 0 fully saturated rings. The van der Waals surface area contributed by atoms with Gasteiger partial charge in [0.05, 0.1) is 13.2 Å². The van der Waals surface area contributed by atoms with Crippen LogP contribution in [0.1, 0.15) is 36.5 Å². The molecule has 1 atom stereocenters. The van der Waals surface area contributed by atoms with Crippen LogP contribution in [0.15, 0.2) is 30.3 Å². The first-order valence-corrected chi connectivity index (χ1v) is 6.58. The molecule has 2 aromatic rings. The molecule has 0 unspecified atom stereocenters. The third kappa shape index (κ3) is 1.77. The summed E-state index contributed by atoms with van der Waals surface area (Å²) in [4.78, 5) is 0. The van der Waals surface area contributed by atoms with Crippen LogP contribution in [-0.2, 0) is 6.42 Å². The standard InChI is InChI=1S/C16H18O2/c1-18-16-10-14-12(7-4-5-9-15(14)17)11-6-2-3-8-13(11)16/h2-3,6,8,10,15,17H,4-5,7,9H2,1H3/t15-/m0/s1. The van der Waals surface area contributed by atoms with Crippen molar-refractivity contribution in [3.05, 3.63) is 41.5 Å². The number of aliphatic hydroxyl groups is 1. The fourth-order valence-corrected chi connectivity index (χ4v) is 2.96. The van der Waals surface area contributed by atoms with Crippen molar-refractivity contribution in [1.82, 2.24) is 0 Å². The van der Waals surface area contributed by atoms with Gasteiger partial charge in [0, 0.05) is 5.39 Å². The van der Waals surface area contributed by atoms with Crippen molar-refractivity contribution in [3.63, 3.8) is 0 Å². The summed E-state index contributed by atoms with van der Waals surface area (Å²) in [6.45, 7) is 0. The first kappa shape index (κ1) is 11.5. The molecule has 0 aromatic heterocycles. The number of ether oxygens (including phenoxy) is 1. The Bertz CT molecular complexity index is 575. The van der Waals surface area contributed by atoms with Crippen LogP contribution in [0.3, 0.4) is 0 Å². The van der Waals surface area contributed by atoms with Crippen molar-refractivity contribution in [2.45, 2.75) is 31.8 Å². The highest BCUT2D eigenvalue weighted by molar-refractivity contribution is 5.92. The number of methoxy groups -OCH3 is 1. The van der Waals surface area contributed by atoms with Gasteiger partial charge in [-0.2, -0.15) is 0 Å². The van der Waals surface area contributed by atoms with Gasteiger partial charge in [0.25, 0.3) is 0 Å². The average molecular weight is 242 g/mol. The third-order valence-electron chi connectivity index (χ3n) is 3.89. The van der Waals surface area contributed by atoms with Gasteiger partial charge in [-0.15, -0.1) is 0 Å². The van der Waals surface area contributed by atoms with Gasteiger partial charge in [-0.1, -0.05) is 30.7 Å². The van der Waals surface area contributed by atoms with Gasteiger partial charge in [-0.05, 0) is 41.8 Å². The van der Waals surface area contributed by atoms with E-state index in [1.807, 2.05) is 12.1 Å². The van der Waals surface area contributed by atoms with Crippen molar-refractivity contribution < 1.29 is 9.84 Å². The highest BCUT2D eigenvalue weighted by Gasteiger charge is 2.20. The molecule has 3 rings (SSSR count). The van der Waals surface area contributed by atoms with Crippen LogP contribution >= 0.6 is 0 Å². The number of aryl methyl sites for hydroxylation is 1. The van der Waals surface area contributed by atoms with E-state index < -0.39 is 0 Å². The average Bonchev–Trinajstić information content (AvgIpc) is 2.60. The summed E-state index contributed by atoms with van der Waals surface area (Å²) in [5.41, 5.74) is 2.36. The van der Waals surface area contributed by atoms with Crippen LogP contribution < -0.4 is 4.74 Å². The first-order chi connectivity index (χ1) is 8.81. The number of benzene rings is 2. The second kappa shape index (κ2) is 4.62. The Morgan fingerprint density at radius 2 is 1.94 bits per heavy atom. The van der Waals surface area contributed by atoms with Gasteiger partial charge in [0.1, 0.15) is 5.75 Å². The van der Waals surface area contributed by atoms with Crippen LogP contribution in [0.4, 0.5) is 0 Å². The summed E-state index contributed by atoms with van der Waals surface area (Å²) in [7, 11) is 1.69. The maximum Gasteiger partial charge on any atom is 0.127 e. The van der Waals surface area contributed by atoms with Crippen LogP contribution in [0.2, 0.25) is 0 Å². The minimum atomic E-state index is -0.346. The second-order valence-electron chi connectivity index (χ2n) is 4.95. The quantitative estimate of drug-likeness (QED) is 0.774. The topological polar surface area (TPSA) is 29.5 Å². The van der Waals surface area contributed by atoms with Crippen molar-refractivity contribution in [1.29, 1.82) is 0 Å². The van der Waals surface area contributed by atoms with Gasteiger partial charge in [0.15, 0.2) is 0 Å². The minimum Gasteiger partial charge on any atom is -0.496 e. The lowest BCUT2D eigenvalue weighted by Crippen LogP contribution is -2.01. The van der Waals surface area contributed by atoms with E-state index in [1.54, 1.807) is 7.11 Å². The lowest BCUT2D eigenvalue weighted by molar-refractivity contribution is 0.166. The summed E-state index contributed by atoms with van der Waals surface area (Å²) in [5.74, 6) is 0.866.